The summed E-state index contributed by atoms with van der Waals surface area (Å²) in [5.74, 6) is 0. The van der Waals surface area contributed by atoms with Crippen LogP contribution in [0.2, 0.25) is 0 Å². The van der Waals surface area contributed by atoms with Gasteiger partial charge in [0.05, 0.1) is 26.4 Å². The van der Waals surface area contributed by atoms with Crippen LogP contribution in [0.4, 0.5) is 0 Å². The van der Waals surface area contributed by atoms with Crippen molar-refractivity contribution in [3.05, 3.63) is 71.8 Å². The lowest BCUT2D eigenvalue weighted by Gasteiger charge is -2.37. The van der Waals surface area contributed by atoms with Gasteiger partial charge in [-0.25, -0.2) is 0 Å². The van der Waals surface area contributed by atoms with Gasteiger partial charge in [0.1, 0.15) is 18.3 Å². The monoisotopic (exact) mass is 329 g/mol. The molecular weight excluding hydrogens is 306 g/mol. The minimum Gasteiger partial charge on any atom is -0.393 e. The minimum absolute atomic E-state index is 0.127. The first kappa shape index (κ1) is 17.1. The lowest BCUT2D eigenvalue weighted by Crippen LogP contribution is -2.55. The topological polar surface area (TPSA) is 60.0 Å². The van der Waals surface area contributed by atoms with Gasteiger partial charge in [-0.15, -0.1) is 0 Å². The van der Waals surface area contributed by atoms with E-state index in [0.29, 0.717) is 19.8 Å². The van der Waals surface area contributed by atoms with Gasteiger partial charge in [0.15, 0.2) is 0 Å². The van der Waals surface area contributed by atoms with Gasteiger partial charge >= 0.3 is 0 Å². The minimum atomic E-state index is -0.455. The van der Waals surface area contributed by atoms with Gasteiger partial charge in [-0.1, -0.05) is 60.7 Å². The molecule has 5 nitrogen and oxygen atoms in total. The first-order valence-corrected chi connectivity index (χ1v) is 8.17. The smallest absolute Gasteiger partial charge is 0.131 e. The van der Waals surface area contributed by atoms with Gasteiger partial charge < -0.3 is 14.6 Å². The Morgan fingerprint density at radius 1 is 0.917 bits per heavy atom. The Bertz CT molecular complexity index is 593. The molecule has 2 aromatic rings. The van der Waals surface area contributed by atoms with Crippen LogP contribution < -0.4 is 5.48 Å². The van der Waals surface area contributed by atoms with E-state index in [-0.39, 0.29) is 18.8 Å². The Kier molecular flexibility index (Phi) is 6.34. The van der Waals surface area contributed by atoms with Crippen LogP contribution in [0.25, 0.3) is 0 Å². The lowest BCUT2D eigenvalue weighted by molar-refractivity contribution is -0.215. The number of aliphatic hydroxyl groups excluding tert-OH is 1. The molecular formula is C19H23NO4. The second kappa shape index (κ2) is 8.92. The largest absolute Gasteiger partial charge is 0.393 e. The number of rotatable bonds is 7. The van der Waals surface area contributed by atoms with Crippen molar-refractivity contribution in [3.8, 4) is 0 Å². The molecule has 3 atom stereocenters. The molecule has 0 amide bonds. The van der Waals surface area contributed by atoms with E-state index in [1.807, 2.05) is 60.7 Å². The summed E-state index contributed by atoms with van der Waals surface area (Å²) in [5.41, 5.74) is 5.02. The second-order valence-corrected chi connectivity index (χ2v) is 5.78. The molecule has 1 saturated heterocycles. The zero-order chi connectivity index (χ0) is 16.6. The van der Waals surface area contributed by atoms with Crippen LogP contribution >= 0.6 is 0 Å². The second-order valence-electron chi connectivity index (χ2n) is 5.78. The van der Waals surface area contributed by atoms with Crippen molar-refractivity contribution in [2.45, 2.75) is 31.5 Å². The molecule has 0 spiro atoms. The van der Waals surface area contributed by atoms with Crippen molar-refractivity contribution in [1.82, 2.24) is 5.48 Å². The van der Waals surface area contributed by atoms with Crippen LogP contribution in [0.3, 0.4) is 0 Å². The van der Waals surface area contributed by atoms with Gasteiger partial charge in [-0.05, 0) is 11.1 Å². The number of aliphatic hydroxyl groups is 1. The van der Waals surface area contributed by atoms with Crippen LogP contribution in [0.15, 0.2) is 60.7 Å². The molecule has 24 heavy (non-hydrogen) atoms. The summed E-state index contributed by atoms with van der Waals surface area (Å²) in [4.78, 5) is 5.41. The fourth-order valence-corrected chi connectivity index (χ4v) is 2.71. The fourth-order valence-electron chi connectivity index (χ4n) is 2.71. The molecule has 0 aromatic heterocycles. The van der Waals surface area contributed by atoms with Crippen molar-refractivity contribution in [2.24, 2.45) is 0 Å². The van der Waals surface area contributed by atoms with Crippen LogP contribution in [0, 0.1) is 0 Å². The van der Waals surface area contributed by atoms with E-state index >= 15 is 0 Å². The van der Waals surface area contributed by atoms with Crippen molar-refractivity contribution >= 4 is 0 Å². The Morgan fingerprint density at radius 2 is 1.50 bits per heavy atom. The molecule has 0 bridgehead atoms. The summed E-state index contributed by atoms with van der Waals surface area (Å²) < 4.78 is 12.0. The maximum Gasteiger partial charge on any atom is 0.131 e. The third-order valence-electron chi connectivity index (χ3n) is 4.02. The summed E-state index contributed by atoms with van der Waals surface area (Å²) in [6.07, 6.45) is -0.983. The SMILES string of the molecule is OCC1ONCC(OCc2ccccc2)C1OCc1ccccc1. The maximum atomic E-state index is 9.56. The van der Waals surface area contributed by atoms with Gasteiger partial charge in [0.25, 0.3) is 0 Å². The molecule has 1 aliphatic rings. The first-order chi connectivity index (χ1) is 11.9. The van der Waals surface area contributed by atoms with Crippen molar-refractivity contribution in [3.63, 3.8) is 0 Å². The third kappa shape index (κ3) is 4.63. The predicted octanol–water partition coefficient (Wildman–Crippen LogP) is 2.05. The summed E-state index contributed by atoms with van der Waals surface area (Å²) in [7, 11) is 0. The molecule has 0 aliphatic carbocycles. The summed E-state index contributed by atoms with van der Waals surface area (Å²) in [6, 6.07) is 19.9. The molecule has 2 aromatic carbocycles. The number of ether oxygens (including phenoxy) is 2. The number of benzene rings is 2. The molecule has 1 aliphatic heterocycles. The number of nitrogens with one attached hydrogen (secondary N) is 1. The van der Waals surface area contributed by atoms with Crippen LogP contribution in [-0.2, 0) is 27.5 Å². The standard InChI is InChI=1S/C19H23NO4/c21-12-18-19(23-14-16-9-5-2-6-10-16)17(11-20-24-18)22-13-15-7-3-1-4-8-15/h1-10,17-21H,11-14H2. The van der Waals surface area contributed by atoms with Gasteiger partial charge in [0.2, 0.25) is 0 Å². The number of hydroxylamine groups is 1. The highest BCUT2D eigenvalue weighted by molar-refractivity contribution is 5.14. The maximum absolute atomic E-state index is 9.56. The average Bonchev–Trinajstić information content (AvgIpc) is 2.66. The summed E-state index contributed by atoms with van der Waals surface area (Å²) >= 11 is 0. The Labute approximate surface area is 142 Å². The van der Waals surface area contributed by atoms with Crippen molar-refractivity contribution in [2.75, 3.05) is 13.2 Å². The van der Waals surface area contributed by atoms with E-state index in [1.165, 1.54) is 0 Å². The highest BCUT2D eigenvalue weighted by Gasteiger charge is 2.36. The highest BCUT2D eigenvalue weighted by atomic mass is 16.7. The van der Waals surface area contributed by atoms with Crippen LogP contribution in [0.1, 0.15) is 11.1 Å². The van der Waals surface area contributed by atoms with E-state index in [4.69, 9.17) is 14.3 Å². The molecule has 1 fully saturated rings. The van der Waals surface area contributed by atoms with E-state index in [0.717, 1.165) is 11.1 Å². The Balaban J connectivity index is 1.61. The summed E-state index contributed by atoms with van der Waals surface area (Å²) in [5, 5.41) is 9.56. The van der Waals surface area contributed by atoms with E-state index < -0.39 is 6.10 Å². The van der Waals surface area contributed by atoms with Gasteiger partial charge in [0, 0.05) is 0 Å². The molecule has 2 N–H and O–H groups in total. The van der Waals surface area contributed by atoms with Crippen molar-refractivity contribution < 1.29 is 19.4 Å². The molecule has 0 radical (unpaired) electrons. The number of hydrogen-bond acceptors (Lipinski definition) is 5. The Morgan fingerprint density at radius 3 is 2.08 bits per heavy atom. The average molecular weight is 329 g/mol. The molecule has 3 unspecified atom stereocenters. The normalized spacial score (nSPS) is 24.0. The molecule has 5 heteroatoms. The zero-order valence-electron chi connectivity index (χ0n) is 13.5. The third-order valence-corrected chi connectivity index (χ3v) is 4.02. The molecule has 1 heterocycles. The molecule has 0 saturated carbocycles. The number of hydrogen-bond donors (Lipinski definition) is 2. The molecule has 128 valence electrons. The predicted molar refractivity (Wildman–Crippen MR) is 90.0 cm³/mol. The van der Waals surface area contributed by atoms with E-state index in [9.17, 15) is 5.11 Å². The summed E-state index contributed by atoms with van der Waals surface area (Å²) in [6.45, 7) is 1.34. The molecule has 3 rings (SSSR count). The highest BCUT2D eigenvalue weighted by Crippen LogP contribution is 2.19. The van der Waals surface area contributed by atoms with Crippen molar-refractivity contribution in [1.29, 1.82) is 0 Å². The zero-order valence-corrected chi connectivity index (χ0v) is 13.5. The van der Waals surface area contributed by atoms with E-state index in [2.05, 4.69) is 5.48 Å². The van der Waals surface area contributed by atoms with Gasteiger partial charge in [-0.3, -0.25) is 4.84 Å². The quantitative estimate of drug-likeness (QED) is 0.814. The van der Waals surface area contributed by atoms with Crippen LogP contribution in [0.5, 0.6) is 0 Å². The van der Waals surface area contributed by atoms with E-state index in [1.54, 1.807) is 0 Å². The Hall–Kier alpha value is -1.76. The fraction of sp³-hybridized carbons (Fsp3) is 0.368. The lowest BCUT2D eigenvalue weighted by atomic mass is 10.1. The van der Waals surface area contributed by atoms with Gasteiger partial charge in [-0.2, -0.15) is 5.48 Å². The van der Waals surface area contributed by atoms with Crippen LogP contribution in [-0.4, -0.2) is 36.6 Å². The first-order valence-electron chi connectivity index (χ1n) is 8.17.